The van der Waals surface area contributed by atoms with Gasteiger partial charge in [-0.3, -0.25) is 4.79 Å². The van der Waals surface area contributed by atoms with Crippen molar-refractivity contribution in [3.8, 4) is 0 Å². The number of rotatable bonds is 5. The summed E-state index contributed by atoms with van der Waals surface area (Å²) in [5, 5.41) is 30.9. The quantitative estimate of drug-likeness (QED) is 0.270. The average Bonchev–Trinajstić information content (AvgIpc) is 2.43. The van der Waals surface area contributed by atoms with E-state index in [1.54, 1.807) is 24.3 Å². The Morgan fingerprint density at radius 1 is 1.37 bits per heavy atom. The number of carbonyl (C=O) groups is 1. The van der Waals surface area contributed by atoms with Crippen molar-refractivity contribution >= 4 is 22.7 Å². The summed E-state index contributed by atoms with van der Waals surface area (Å²) in [6.07, 6.45) is -2.13. The van der Waals surface area contributed by atoms with Crippen molar-refractivity contribution in [3.63, 3.8) is 0 Å². The van der Waals surface area contributed by atoms with Gasteiger partial charge in [-0.05, 0) is 5.56 Å². The molecule has 2 unspecified atom stereocenters. The summed E-state index contributed by atoms with van der Waals surface area (Å²) >= 11 is 0.953. The van der Waals surface area contributed by atoms with E-state index in [4.69, 9.17) is 10.9 Å². The maximum absolute atomic E-state index is 10.8. The van der Waals surface area contributed by atoms with E-state index in [1.807, 2.05) is 0 Å². The van der Waals surface area contributed by atoms with E-state index in [0.29, 0.717) is 11.1 Å². The summed E-state index contributed by atoms with van der Waals surface area (Å²) in [5.41, 5.74) is 6.41. The average molecular weight is 284 g/mol. The Morgan fingerprint density at radius 2 is 1.95 bits per heavy atom. The number of hydrogen-bond donors (Lipinski definition) is 4. The fraction of sp³-hybridized carbons (Fsp3) is 0.333. The molecule has 104 valence electrons. The van der Waals surface area contributed by atoms with Crippen molar-refractivity contribution in [1.82, 2.24) is 0 Å². The van der Waals surface area contributed by atoms with Crippen LogP contribution in [0.4, 0.5) is 0 Å². The smallest absolute Gasteiger partial charge is 0.185 e. The standard InChI is InChI=1S/C12H16N2O4S/c1-7(15)19-6-10(16)11(17)8-2-4-9(5-3-8)12(13)14-18/h2-5,10-11,16-18H,6H2,1H3,(H2,13,14). The second-order valence-corrected chi connectivity index (χ2v) is 5.12. The molecular weight excluding hydrogens is 268 g/mol. The summed E-state index contributed by atoms with van der Waals surface area (Å²) in [4.78, 5) is 10.8. The first-order chi connectivity index (χ1) is 8.95. The molecule has 0 radical (unpaired) electrons. The molecule has 0 amide bonds. The number of aliphatic hydroxyl groups excluding tert-OH is 2. The van der Waals surface area contributed by atoms with E-state index < -0.39 is 12.2 Å². The van der Waals surface area contributed by atoms with Crippen molar-refractivity contribution in [1.29, 1.82) is 0 Å². The molecule has 0 saturated heterocycles. The van der Waals surface area contributed by atoms with Crippen LogP contribution in [0, 0.1) is 0 Å². The van der Waals surface area contributed by atoms with Gasteiger partial charge in [-0.1, -0.05) is 41.2 Å². The third-order valence-electron chi connectivity index (χ3n) is 2.48. The zero-order chi connectivity index (χ0) is 14.4. The van der Waals surface area contributed by atoms with Gasteiger partial charge in [0, 0.05) is 18.2 Å². The van der Waals surface area contributed by atoms with Gasteiger partial charge in [-0.25, -0.2) is 0 Å². The van der Waals surface area contributed by atoms with Crippen molar-refractivity contribution in [2.24, 2.45) is 10.9 Å². The van der Waals surface area contributed by atoms with Crippen LogP contribution in [0.2, 0.25) is 0 Å². The van der Waals surface area contributed by atoms with Gasteiger partial charge in [0.2, 0.25) is 0 Å². The van der Waals surface area contributed by atoms with Crippen molar-refractivity contribution < 1.29 is 20.2 Å². The summed E-state index contributed by atoms with van der Waals surface area (Å²) in [6.45, 7) is 1.40. The fourth-order valence-corrected chi connectivity index (χ4v) is 2.01. The summed E-state index contributed by atoms with van der Waals surface area (Å²) in [6, 6.07) is 6.27. The molecule has 0 bridgehead atoms. The highest BCUT2D eigenvalue weighted by Gasteiger charge is 2.19. The van der Waals surface area contributed by atoms with Crippen LogP contribution in [-0.2, 0) is 4.79 Å². The molecule has 1 aromatic rings. The Labute approximate surface area is 114 Å². The van der Waals surface area contributed by atoms with E-state index in [-0.39, 0.29) is 16.7 Å². The lowest BCUT2D eigenvalue weighted by Crippen LogP contribution is -2.21. The van der Waals surface area contributed by atoms with Gasteiger partial charge in [0.15, 0.2) is 11.0 Å². The molecule has 0 aliphatic rings. The predicted octanol–water partition coefficient (Wildman–Crippen LogP) is 0.455. The lowest BCUT2D eigenvalue weighted by atomic mass is 10.0. The molecule has 0 spiro atoms. The third kappa shape index (κ3) is 4.55. The van der Waals surface area contributed by atoms with E-state index in [2.05, 4.69) is 5.16 Å². The minimum atomic E-state index is -1.09. The van der Waals surface area contributed by atoms with Gasteiger partial charge in [0.1, 0.15) is 6.10 Å². The number of amidine groups is 1. The molecule has 1 rings (SSSR count). The number of hydrogen-bond acceptors (Lipinski definition) is 6. The monoisotopic (exact) mass is 284 g/mol. The molecule has 19 heavy (non-hydrogen) atoms. The van der Waals surface area contributed by atoms with Gasteiger partial charge >= 0.3 is 0 Å². The first-order valence-electron chi connectivity index (χ1n) is 5.53. The van der Waals surface area contributed by atoms with Gasteiger partial charge in [0.25, 0.3) is 0 Å². The van der Waals surface area contributed by atoms with Crippen LogP contribution in [-0.4, -0.2) is 38.2 Å². The summed E-state index contributed by atoms with van der Waals surface area (Å²) in [7, 11) is 0. The minimum absolute atomic E-state index is 0.0336. The van der Waals surface area contributed by atoms with Crippen LogP contribution in [0.1, 0.15) is 24.2 Å². The summed E-state index contributed by atoms with van der Waals surface area (Å²) < 4.78 is 0. The highest BCUT2D eigenvalue weighted by Crippen LogP contribution is 2.20. The second kappa shape index (κ2) is 7.13. The topological polar surface area (TPSA) is 116 Å². The SMILES string of the molecule is CC(=O)SCC(O)C(O)c1ccc(C(N)=NO)cc1. The molecule has 0 fully saturated rings. The Hall–Kier alpha value is -1.57. The minimum Gasteiger partial charge on any atom is -0.409 e. The molecule has 6 nitrogen and oxygen atoms in total. The molecule has 0 aromatic heterocycles. The molecule has 0 saturated carbocycles. The molecule has 0 aliphatic heterocycles. The highest BCUT2D eigenvalue weighted by molar-refractivity contribution is 8.13. The zero-order valence-electron chi connectivity index (χ0n) is 10.4. The van der Waals surface area contributed by atoms with Crippen LogP contribution in [0.25, 0.3) is 0 Å². The number of oxime groups is 1. The molecule has 1 aromatic carbocycles. The molecule has 2 atom stereocenters. The summed E-state index contributed by atoms with van der Waals surface area (Å²) in [5.74, 6) is 0.0899. The van der Waals surface area contributed by atoms with Gasteiger partial charge < -0.3 is 21.2 Å². The number of nitrogens with two attached hydrogens (primary N) is 1. The Balaban J connectivity index is 2.72. The normalized spacial score (nSPS) is 15.0. The fourth-order valence-electron chi connectivity index (χ4n) is 1.42. The lowest BCUT2D eigenvalue weighted by molar-refractivity contribution is -0.109. The second-order valence-electron chi connectivity index (χ2n) is 3.92. The van der Waals surface area contributed by atoms with E-state index >= 15 is 0 Å². The van der Waals surface area contributed by atoms with Crippen LogP contribution in [0.3, 0.4) is 0 Å². The number of carbonyl (C=O) groups excluding carboxylic acids is 1. The van der Waals surface area contributed by atoms with Crippen LogP contribution >= 0.6 is 11.8 Å². The maximum atomic E-state index is 10.8. The lowest BCUT2D eigenvalue weighted by Gasteiger charge is -2.17. The molecule has 0 heterocycles. The number of thioether (sulfide) groups is 1. The first-order valence-corrected chi connectivity index (χ1v) is 6.51. The highest BCUT2D eigenvalue weighted by atomic mass is 32.2. The largest absolute Gasteiger partial charge is 0.409 e. The van der Waals surface area contributed by atoms with Crippen LogP contribution < -0.4 is 5.73 Å². The third-order valence-corrected chi connectivity index (χ3v) is 3.39. The molecule has 0 aliphatic carbocycles. The van der Waals surface area contributed by atoms with E-state index in [9.17, 15) is 15.0 Å². The Kier molecular flexibility index (Phi) is 5.81. The Morgan fingerprint density at radius 3 is 2.42 bits per heavy atom. The predicted molar refractivity (Wildman–Crippen MR) is 73.1 cm³/mol. The van der Waals surface area contributed by atoms with Gasteiger partial charge in [-0.2, -0.15) is 0 Å². The Bertz CT molecular complexity index is 461. The number of aliphatic hydroxyl groups is 2. The van der Waals surface area contributed by atoms with Gasteiger partial charge in [-0.15, -0.1) is 0 Å². The van der Waals surface area contributed by atoms with Crippen LogP contribution in [0.15, 0.2) is 29.4 Å². The van der Waals surface area contributed by atoms with Crippen LogP contribution in [0.5, 0.6) is 0 Å². The van der Waals surface area contributed by atoms with Crippen molar-refractivity contribution in [3.05, 3.63) is 35.4 Å². The van der Waals surface area contributed by atoms with E-state index in [0.717, 1.165) is 11.8 Å². The molecule has 5 N–H and O–H groups in total. The van der Waals surface area contributed by atoms with Gasteiger partial charge in [0.05, 0.1) is 6.10 Å². The molecular formula is C12H16N2O4S. The first kappa shape index (κ1) is 15.5. The number of nitrogens with zero attached hydrogens (tertiary/aromatic N) is 1. The van der Waals surface area contributed by atoms with Crippen molar-refractivity contribution in [2.45, 2.75) is 19.1 Å². The zero-order valence-corrected chi connectivity index (χ0v) is 11.2. The van der Waals surface area contributed by atoms with E-state index in [1.165, 1.54) is 6.92 Å². The molecule has 7 heteroatoms. The maximum Gasteiger partial charge on any atom is 0.185 e. The van der Waals surface area contributed by atoms with Crippen molar-refractivity contribution in [2.75, 3.05) is 5.75 Å². The number of benzene rings is 1.